The van der Waals surface area contributed by atoms with Crippen molar-refractivity contribution in [2.75, 3.05) is 6.61 Å². The van der Waals surface area contributed by atoms with Crippen LogP contribution in [0, 0.1) is 0 Å². The molecule has 2 aromatic carbocycles. The topological polar surface area (TPSA) is 29.5 Å². The van der Waals surface area contributed by atoms with E-state index < -0.39 is 6.10 Å². The molecular weight excluding hydrogens is 260 g/mol. The van der Waals surface area contributed by atoms with Crippen LogP contribution < -0.4 is 4.74 Å². The van der Waals surface area contributed by atoms with Gasteiger partial charge in [0.05, 0.1) is 12.7 Å². The van der Waals surface area contributed by atoms with Crippen molar-refractivity contribution in [3.8, 4) is 5.75 Å². The fourth-order valence-electron chi connectivity index (χ4n) is 3.21. The van der Waals surface area contributed by atoms with Gasteiger partial charge in [-0.25, -0.2) is 0 Å². The molecule has 1 N–H and O–H groups in total. The Bertz CT molecular complexity index is 592. The standard InChI is InChI=1S/C19H22O2/c1-2-16(14-8-4-3-5-9-14)18(20)17-12-6-10-15-11-7-13-21-19(15)17/h3-6,8-10,12,16,18,20H,2,7,11,13H2,1H3. The summed E-state index contributed by atoms with van der Waals surface area (Å²) in [5.41, 5.74) is 3.34. The lowest BCUT2D eigenvalue weighted by atomic mass is 9.85. The zero-order valence-electron chi connectivity index (χ0n) is 12.5. The summed E-state index contributed by atoms with van der Waals surface area (Å²) in [7, 11) is 0. The molecule has 1 aliphatic rings. The first kappa shape index (κ1) is 14.2. The first-order valence-electron chi connectivity index (χ1n) is 7.79. The largest absolute Gasteiger partial charge is 0.493 e. The van der Waals surface area contributed by atoms with Crippen LogP contribution in [0.3, 0.4) is 0 Å². The SMILES string of the molecule is CCC(c1ccccc1)C(O)c1cccc2c1OCCC2. The van der Waals surface area contributed by atoms with E-state index in [0.717, 1.165) is 37.2 Å². The van der Waals surface area contributed by atoms with Crippen molar-refractivity contribution in [2.45, 2.75) is 38.2 Å². The molecule has 0 aliphatic carbocycles. The Morgan fingerprint density at radius 2 is 1.90 bits per heavy atom. The van der Waals surface area contributed by atoms with Crippen LogP contribution in [0.15, 0.2) is 48.5 Å². The second-order valence-electron chi connectivity index (χ2n) is 5.66. The molecule has 0 aromatic heterocycles. The summed E-state index contributed by atoms with van der Waals surface area (Å²) in [4.78, 5) is 0. The summed E-state index contributed by atoms with van der Waals surface area (Å²) in [6.45, 7) is 2.87. The summed E-state index contributed by atoms with van der Waals surface area (Å²) in [5, 5.41) is 10.9. The van der Waals surface area contributed by atoms with E-state index in [2.05, 4.69) is 25.1 Å². The lowest BCUT2D eigenvalue weighted by molar-refractivity contribution is 0.136. The number of fused-ring (bicyclic) bond motifs is 1. The molecule has 21 heavy (non-hydrogen) atoms. The van der Waals surface area contributed by atoms with Crippen molar-refractivity contribution in [1.29, 1.82) is 0 Å². The van der Waals surface area contributed by atoms with Gasteiger partial charge in [-0.05, 0) is 30.4 Å². The molecule has 0 bridgehead atoms. The fourth-order valence-corrected chi connectivity index (χ4v) is 3.21. The maximum absolute atomic E-state index is 10.9. The lowest BCUT2D eigenvalue weighted by Crippen LogP contribution is -2.16. The number of hydrogen-bond acceptors (Lipinski definition) is 2. The first-order chi connectivity index (χ1) is 10.3. The molecule has 0 spiro atoms. The number of ether oxygens (including phenoxy) is 1. The second kappa shape index (κ2) is 6.31. The van der Waals surface area contributed by atoms with Crippen LogP contribution >= 0.6 is 0 Å². The fraction of sp³-hybridized carbons (Fsp3) is 0.368. The molecule has 0 radical (unpaired) electrons. The average molecular weight is 282 g/mol. The Kier molecular flexibility index (Phi) is 4.26. The van der Waals surface area contributed by atoms with Gasteiger partial charge in [0.15, 0.2) is 0 Å². The van der Waals surface area contributed by atoms with Crippen LogP contribution in [0.2, 0.25) is 0 Å². The van der Waals surface area contributed by atoms with Crippen LogP contribution in [0.1, 0.15) is 48.5 Å². The molecule has 0 amide bonds. The number of aliphatic hydroxyl groups excluding tert-OH is 1. The number of para-hydroxylation sites is 1. The van der Waals surface area contributed by atoms with Crippen LogP contribution in [-0.4, -0.2) is 11.7 Å². The van der Waals surface area contributed by atoms with Gasteiger partial charge in [0, 0.05) is 11.5 Å². The van der Waals surface area contributed by atoms with E-state index in [-0.39, 0.29) is 5.92 Å². The van der Waals surface area contributed by atoms with Crippen molar-refractivity contribution in [3.05, 3.63) is 65.2 Å². The number of benzene rings is 2. The minimum Gasteiger partial charge on any atom is -0.493 e. The number of hydrogen-bond donors (Lipinski definition) is 1. The molecule has 2 nitrogen and oxygen atoms in total. The molecule has 2 atom stereocenters. The minimum absolute atomic E-state index is 0.100. The highest BCUT2D eigenvalue weighted by Crippen LogP contribution is 2.40. The molecule has 0 fully saturated rings. The molecule has 0 saturated heterocycles. The Morgan fingerprint density at radius 1 is 1.10 bits per heavy atom. The monoisotopic (exact) mass is 282 g/mol. The van der Waals surface area contributed by atoms with E-state index in [1.165, 1.54) is 11.1 Å². The van der Waals surface area contributed by atoms with Crippen LogP contribution in [0.25, 0.3) is 0 Å². The first-order valence-corrected chi connectivity index (χ1v) is 7.79. The molecule has 2 aromatic rings. The van der Waals surface area contributed by atoms with Gasteiger partial charge in [-0.15, -0.1) is 0 Å². The second-order valence-corrected chi connectivity index (χ2v) is 5.66. The van der Waals surface area contributed by atoms with Gasteiger partial charge in [0.25, 0.3) is 0 Å². The van der Waals surface area contributed by atoms with Crippen molar-refractivity contribution in [2.24, 2.45) is 0 Å². The van der Waals surface area contributed by atoms with Gasteiger partial charge in [-0.2, -0.15) is 0 Å². The van der Waals surface area contributed by atoms with Gasteiger partial charge in [0.1, 0.15) is 5.75 Å². The highest BCUT2D eigenvalue weighted by atomic mass is 16.5. The van der Waals surface area contributed by atoms with Crippen molar-refractivity contribution >= 4 is 0 Å². The molecular formula is C19H22O2. The Hall–Kier alpha value is -1.80. The van der Waals surface area contributed by atoms with Crippen LogP contribution in [-0.2, 0) is 6.42 Å². The van der Waals surface area contributed by atoms with Gasteiger partial charge in [-0.3, -0.25) is 0 Å². The molecule has 1 aliphatic heterocycles. The van der Waals surface area contributed by atoms with E-state index in [9.17, 15) is 5.11 Å². The van der Waals surface area contributed by atoms with E-state index in [1.54, 1.807) is 0 Å². The minimum atomic E-state index is -0.523. The molecule has 2 unspecified atom stereocenters. The zero-order valence-corrected chi connectivity index (χ0v) is 12.5. The number of rotatable bonds is 4. The highest BCUT2D eigenvalue weighted by Gasteiger charge is 2.26. The predicted molar refractivity (Wildman–Crippen MR) is 84.7 cm³/mol. The van der Waals surface area contributed by atoms with Crippen molar-refractivity contribution < 1.29 is 9.84 Å². The van der Waals surface area contributed by atoms with Gasteiger partial charge in [-0.1, -0.05) is 55.5 Å². The zero-order chi connectivity index (χ0) is 14.7. The van der Waals surface area contributed by atoms with Crippen molar-refractivity contribution in [1.82, 2.24) is 0 Å². The molecule has 0 saturated carbocycles. The van der Waals surface area contributed by atoms with Gasteiger partial charge < -0.3 is 9.84 Å². The van der Waals surface area contributed by atoms with E-state index in [0.29, 0.717) is 0 Å². The molecule has 1 heterocycles. The highest BCUT2D eigenvalue weighted by molar-refractivity contribution is 5.45. The summed E-state index contributed by atoms with van der Waals surface area (Å²) in [6.07, 6.45) is 2.47. The number of aryl methyl sites for hydroxylation is 1. The third kappa shape index (κ3) is 2.81. The third-order valence-electron chi connectivity index (χ3n) is 4.33. The Labute approximate surface area is 126 Å². The maximum atomic E-state index is 10.9. The molecule has 110 valence electrons. The summed E-state index contributed by atoms with van der Waals surface area (Å²) in [6, 6.07) is 16.4. The summed E-state index contributed by atoms with van der Waals surface area (Å²) < 4.78 is 5.85. The molecule has 3 rings (SSSR count). The smallest absolute Gasteiger partial charge is 0.128 e. The van der Waals surface area contributed by atoms with Crippen LogP contribution in [0.4, 0.5) is 0 Å². The average Bonchev–Trinajstić information content (AvgIpc) is 2.56. The third-order valence-corrected chi connectivity index (χ3v) is 4.33. The number of aliphatic hydroxyl groups is 1. The Morgan fingerprint density at radius 3 is 2.67 bits per heavy atom. The molecule has 2 heteroatoms. The van der Waals surface area contributed by atoms with E-state index in [1.807, 2.05) is 30.3 Å². The van der Waals surface area contributed by atoms with E-state index in [4.69, 9.17) is 4.74 Å². The van der Waals surface area contributed by atoms with Gasteiger partial charge in [0.2, 0.25) is 0 Å². The van der Waals surface area contributed by atoms with E-state index >= 15 is 0 Å². The normalized spacial score (nSPS) is 16.7. The predicted octanol–water partition coefficient (Wildman–Crippen LogP) is 4.24. The van der Waals surface area contributed by atoms with Gasteiger partial charge >= 0.3 is 0 Å². The van der Waals surface area contributed by atoms with Crippen LogP contribution in [0.5, 0.6) is 5.75 Å². The quantitative estimate of drug-likeness (QED) is 0.909. The summed E-state index contributed by atoms with van der Waals surface area (Å²) >= 11 is 0. The Balaban J connectivity index is 1.96. The van der Waals surface area contributed by atoms with Crippen molar-refractivity contribution in [3.63, 3.8) is 0 Å². The maximum Gasteiger partial charge on any atom is 0.128 e. The summed E-state index contributed by atoms with van der Waals surface area (Å²) in [5.74, 6) is 1.01. The lowest BCUT2D eigenvalue weighted by Gasteiger charge is -2.27.